The molecule has 0 aromatic rings. The van der Waals surface area contributed by atoms with Crippen LogP contribution in [0.1, 0.15) is 45.4 Å². The minimum atomic E-state index is -0.910. The molecule has 2 aliphatic rings. The second-order valence-electron chi connectivity index (χ2n) is 6.11. The minimum Gasteiger partial charge on any atom is -0.480 e. The Hall–Kier alpha value is -1.10. The van der Waals surface area contributed by atoms with E-state index in [1.807, 2.05) is 6.92 Å². The summed E-state index contributed by atoms with van der Waals surface area (Å²) in [4.78, 5) is 25.4. The first-order valence-electron chi connectivity index (χ1n) is 7.26. The predicted octanol–water partition coefficient (Wildman–Crippen LogP) is 1.23. The zero-order valence-corrected chi connectivity index (χ0v) is 11.7. The summed E-state index contributed by atoms with van der Waals surface area (Å²) in [6.07, 6.45) is 5.92. The summed E-state index contributed by atoms with van der Waals surface area (Å²) in [5.41, 5.74) is -0.434. The Kier molecular flexibility index (Phi) is 4.45. The van der Waals surface area contributed by atoms with Crippen molar-refractivity contribution < 1.29 is 14.7 Å². The lowest BCUT2D eigenvalue weighted by Crippen LogP contribution is -2.54. The van der Waals surface area contributed by atoms with Crippen LogP contribution < -0.4 is 5.32 Å². The molecule has 1 saturated carbocycles. The third-order valence-corrected chi connectivity index (χ3v) is 4.45. The Labute approximate surface area is 114 Å². The maximum atomic E-state index is 12.8. The topological polar surface area (TPSA) is 69.6 Å². The smallest absolute Gasteiger partial charge is 0.323 e. The van der Waals surface area contributed by atoms with Crippen LogP contribution in [0.4, 0.5) is 0 Å². The molecule has 1 aliphatic carbocycles. The molecule has 2 N–H and O–H groups in total. The van der Waals surface area contributed by atoms with E-state index in [4.69, 9.17) is 5.11 Å². The molecule has 1 aliphatic heterocycles. The number of piperidine rings is 1. The first-order valence-corrected chi connectivity index (χ1v) is 7.26. The Morgan fingerprint density at radius 3 is 2.53 bits per heavy atom. The lowest BCUT2D eigenvalue weighted by Gasteiger charge is -2.39. The molecular weight excluding hydrogens is 244 g/mol. The normalized spacial score (nSPS) is 28.3. The van der Waals surface area contributed by atoms with Gasteiger partial charge in [-0.2, -0.15) is 0 Å². The van der Waals surface area contributed by atoms with E-state index in [1.54, 1.807) is 4.90 Å². The Morgan fingerprint density at radius 2 is 2.00 bits per heavy atom. The van der Waals surface area contributed by atoms with E-state index in [1.165, 1.54) is 0 Å². The van der Waals surface area contributed by atoms with Gasteiger partial charge in [-0.25, -0.2) is 0 Å². The third kappa shape index (κ3) is 3.26. The van der Waals surface area contributed by atoms with Gasteiger partial charge in [0, 0.05) is 12.6 Å². The predicted molar refractivity (Wildman–Crippen MR) is 71.8 cm³/mol. The summed E-state index contributed by atoms with van der Waals surface area (Å²) in [7, 11) is 0. The average Bonchev–Trinajstić information content (AvgIpc) is 2.89. The van der Waals surface area contributed by atoms with Crippen molar-refractivity contribution in [1.82, 2.24) is 10.2 Å². The average molecular weight is 268 g/mol. The quantitative estimate of drug-likeness (QED) is 0.804. The van der Waals surface area contributed by atoms with Crippen molar-refractivity contribution in [3.8, 4) is 0 Å². The highest BCUT2D eigenvalue weighted by molar-refractivity contribution is 5.86. The molecule has 2 fully saturated rings. The minimum absolute atomic E-state index is 0.0222. The van der Waals surface area contributed by atoms with Gasteiger partial charge in [-0.05, 0) is 39.2 Å². The number of carboxylic acid groups (broad SMARTS) is 1. The summed E-state index contributed by atoms with van der Waals surface area (Å²) in [5, 5.41) is 12.3. The Balaban J connectivity index is 2.11. The van der Waals surface area contributed by atoms with Crippen LogP contribution in [-0.4, -0.2) is 47.6 Å². The van der Waals surface area contributed by atoms with Gasteiger partial charge in [0.25, 0.3) is 0 Å². The summed E-state index contributed by atoms with van der Waals surface area (Å²) >= 11 is 0. The lowest BCUT2D eigenvalue weighted by molar-refractivity contribution is -0.152. The molecule has 5 heteroatoms. The molecule has 1 atom stereocenters. The number of rotatable bonds is 4. The molecule has 1 saturated heterocycles. The fraction of sp³-hybridized carbons (Fsp3) is 0.857. The highest BCUT2D eigenvalue weighted by Crippen LogP contribution is 2.32. The van der Waals surface area contributed by atoms with Gasteiger partial charge in [-0.15, -0.1) is 0 Å². The van der Waals surface area contributed by atoms with Crippen molar-refractivity contribution in [2.24, 2.45) is 5.41 Å². The molecule has 5 nitrogen and oxygen atoms in total. The van der Waals surface area contributed by atoms with E-state index in [0.717, 1.165) is 45.1 Å². The van der Waals surface area contributed by atoms with Crippen molar-refractivity contribution in [2.45, 2.75) is 51.5 Å². The third-order valence-electron chi connectivity index (χ3n) is 4.45. The molecule has 1 amide bonds. The monoisotopic (exact) mass is 268 g/mol. The summed E-state index contributed by atoms with van der Waals surface area (Å²) in [6.45, 7) is 3.42. The van der Waals surface area contributed by atoms with Crippen molar-refractivity contribution >= 4 is 11.9 Å². The maximum Gasteiger partial charge on any atom is 0.323 e. The van der Waals surface area contributed by atoms with Crippen LogP contribution in [0.25, 0.3) is 0 Å². The fourth-order valence-electron chi connectivity index (χ4n) is 3.31. The van der Waals surface area contributed by atoms with Crippen LogP contribution >= 0.6 is 0 Å². The van der Waals surface area contributed by atoms with E-state index < -0.39 is 11.4 Å². The van der Waals surface area contributed by atoms with Gasteiger partial charge in [-0.1, -0.05) is 12.8 Å². The second-order valence-corrected chi connectivity index (χ2v) is 6.11. The summed E-state index contributed by atoms with van der Waals surface area (Å²) < 4.78 is 0. The zero-order chi connectivity index (χ0) is 13.9. The number of hydrogen-bond donors (Lipinski definition) is 2. The van der Waals surface area contributed by atoms with E-state index in [0.29, 0.717) is 6.54 Å². The van der Waals surface area contributed by atoms with Gasteiger partial charge in [0.15, 0.2) is 0 Å². The molecule has 108 valence electrons. The largest absolute Gasteiger partial charge is 0.480 e. The van der Waals surface area contributed by atoms with Gasteiger partial charge >= 0.3 is 5.97 Å². The van der Waals surface area contributed by atoms with Crippen LogP contribution in [0.5, 0.6) is 0 Å². The van der Waals surface area contributed by atoms with E-state index >= 15 is 0 Å². The van der Waals surface area contributed by atoms with Gasteiger partial charge < -0.3 is 15.3 Å². The van der Waals surface area contributed by atoms with E-state index in [9.17, 15) is 9.59 Å². The van der Waals surface area contributed by atoms with Gasteiger partial charge in [-0.3, -0.25) is 9.59 Å². The number of nitrogens with one attached hydrogen (secondary N) is 1. The molecule has 0 bridgehead atoms. The maximum absolute atomic E-state index is 12.8. The van der Waals surface area contributed by atoms with E-state index in [2.05, 4.69) is 5.32 Å². The number of carboxylic acids is 1. The molecule has 0 aromatic carbocycles. The summed E-state index contributed by atoms with van der Waals surface area (Å²) in [6, 6.07) is 0.127. The van der Waals surface area contributed by atoms with Crippen LogP contribution in [0.15, 0.2) is 0 Å². The number of aliphatic carboxylic acids is 1. The van der Waals surface area contributed by atoms with Crippen LogP contribution in [0.2, 0.25) is 0 Å². The fourth-order valence-corrected chi connectivity index (χ4v) is 3.31. The molecule has 0 spiro atoms. The highest BCUT2D eigenvalue weighted by atomic mass is 16.4. The number of nitrogens with zero attached hydrogens (tertiary/aromatic N) is 1. The number of carbonyl (C=O) groups is 2. The first-order chi connectivity index (χ1) is 9.03. The van der Waals surface area contributed by atoms with Crippen LogP contribution in [0.3, 0.4) is 0 Å². The SMILES string of the molecule is CC1(C(=O)N(CC(=O)O)C2CCCC2)CCCNC1. The molecule has 1 heterocycles. The zero-order valence-electron chi connectivity index (χ0n) is 11.7. The van der Waals surface area contributed by atoms with E-state index in [-0.39, 0.29) is 18.5 Å². The van der Waals surface area contributed by atoms with Crippen molar-refractivity contribution in [3.05, 3.63) is 0 Å². The van der Waals surface area contributed by atoms with Gasteiger partial charge in [0.2, 0.25) is 5.91 Å². The number of carbonyl (C=O) groups excluding carboxylic acids is 1. The lowest BCUT2D eigenvalue weighted by atomic mass is 9.81. The second kappa shape index (κ2) is 5.90. The molecule has 0 aromatic heterocycles. The Morgan fingerprint density at radius 1 is 1.32 bits per heavy atom. The number of amides is 1. The molecule has 1 unspecified atom stereocenters. The standard InChI is InChI=1S/C14H24N2O3/c1-14(7-4-8-15-10-14)13(19)16(9-12(17)18)11-5-2-3-6-11/h11,15H,2-10H2,1H3,(H,17,18). The van der Waals surface area contributed by atoms with Gasteiger partial charge in [0.05, 0.1) is 5.41 Å². The number of hydrogen-bond acceptors (Lipinski definition) is 3. The van der Waals surface area contributed by atoms with Crippen molar-refractivity contribution in [3.63, 3.8) is 0 Å². The Bertz CT molecular complexity index is 345. The van der Waals surface area contributed by atoms with Crippen molar-refractivity contribution in [1.29, 1.82) is 0 Å². The molecule has 2 rings (SSSR count). The first kappa shape index (κ1) is 14.3. The summed E-state index contributed by atoms with van der Waals surface area (Å²) in [5.74, 6) is -0.887. The van der Waals surface area contributed by atoms with Crippen LogP contribution in [0, 0.1) is 5.41 Å². The molecular formula is C14H24N2O3. The van der Waals surface area contributed by atoms with Crippen molar-refractivity contribution in [2.75, 3.05) is 19.6 Å². The molecule has 0 radical (unpaired) electrons. The highest BCUT2D eigenvalue weighted by Gasteiger charge is 2.41. The van der Waals surface area contributed by atoms with Crippen LogP contribution in [-0.2, 0) is 9.59 Å². The molecule has 19 heavy (non-hydrogen) atoms. The van der Waals surface area contributed by atoms with Gasteiger partial charge in [0.1, 0.15) is 6.54 Å².